The third-order valence-electron chi connectivity index (χ3n) is 4.60. The molecular weight excluding hydrogens is 406 g/mol. The van der Waals surface area contributed by atoms with Crippen molar-refractivity contribution in [1.82, 2.24) is 10.2 Å². The number of hydrogen-bond acceptors (Lipinski definition) is 3. The van der Waals surface area contributed by atoms with Crippen LogP contribution in [0.3, 0.4) is 0 Å². The van der Waals surface area contributed by atoms with E-state index in [4.69, 9.17) is 5.73 Å². The molecule has 0 spiro atoms. The Hall–Kier alpha value is -1.11. The van der Waals surface area contributed by atoms with Gasteiger partial charge in [-0.1, -0.05) is 35.0 Å². The predicted octanol–water partition coefficient (Wildman–Crippen LogP) is 3.02. The molecule has 0 aliphatic carbocycles. The number of carbonyl (C=O) groups excluding carboxylic acids is 2. The van der Waals surface area contributed by atoms with Crippen LogP contribution in [0.1, 0.15) is 44.7 Å². The third-order valence-corrected chi connectivity index (χ3v) is 5.13. The number of rotatable bonds is 5. The Morgan fingerprint density at radius 1 is 1.36 bits per heavy atom. The molecular formula is C18H27BrClN3O2. The average Bonchev–Trinajstić information content (AvgIpc) is 2.54. The molecule has 2 amide bonds. The highest BCUT2D eigenvalue weighted by Gasteiger charge is 2.30. The van der Waals surface area contributed by atoms with Gasteiger partial charge in [-0.15, -0.1) is 12.4 Å². The highest BCUT2D eigenvalue weighted by atomic mass is 79.9. The van der Waals surface area contributed by atoms with Crippen LogP contribution in [0.25, 0.3) is 0 Å². The summed E-state index contributed by atoms with van der Waals surface area (Å²) in [6, 6.07) is 7.47. The number of piperidine rings is 1. The lowest BCUT2D eigenvalue weighted by Crippen LogP contribution is -2.50. The van der Waals surface area contributed by atoms with Crippen LogP contribution in [0.2, 0.25) is 0 Å². The normalized spacial score (nSPS) is 21.2. The lowest BCUT2D eigenvalue weighted by molar-refractivity contribution is -0.136. The molecule has 1 saturated heterocycles. The van der Waals surface area contributed by atoms with Gasteiger partial charge in [-0.2, -0.15) is 0 Å². The van der Waals surface area contributed by atoms with Crippen LogP contribution in [-0.4, -0.2) is 35.8 Å². The zero-order chi connectivity index (χ0) is 17.7. The van der Waals surface area contributed by atoms with Gasteiger partial charge in [0.1, 0.15) is 0 Å². The average molecular weight is 433 g/mol. The van der Waals surface area contributed by atoms with E-state index in [1.807, 2.05) is 29.2 Å². The molecule has 3 N–H and O–H groups in total. The van der Waals surface area contributed by atoms with E-state index >= 15 is 0 Å². The van der Waals surface area contributed by atoms with E-state index in [2.05, 4.69) is 28.2 Å². The van der Waals surface area contributed by atoms with Crippen LogP contribution >= 0.6 is 28.3 Å². The molecule has 3 unspecified atom stereocenters. The first-order chi connectivity index (χ1) is 11.4. The van der Waals surface area contributed by atoms with Crippen molar-refractivity contribution < 1.29 is 9.59 Å². The van der Waals surface area contributed by atoms with Gasteiger partial charge >= 0.3 is 0 Å². The Bertz CT molecular complexity index is 582. The maximum atomic E-state index is 12.8. The minimum atomic E-state index is -0.319. The lowest BCUT2D eigenvalue weighted by atomic mass is 9.91. The second kappa shape index (κ2) is 10.1. The molecule has 2 rings (SSSR count). The molecule has 7 heteroatoms. The summed E-state index contributed by atoms with van der Waals surface area (Å²) < 4.78 is 0.965. The fraction of sp³-hybridized carbons (Fsp3) is 0.556. The molecule has 0 radical (unpaired) electrons. The minimum Gasteiger partial charge on any atom is -0.349 e. The second-order valence-corrected chi connectivity index (χ2v) is 7.53. The van der Waals surface area contributed by atoms with Gasteiger partial charge in [-0.05, 0) is 36.5 Å². The summed E-state index contributed by atoms with van der Waals surface area (Å²) in [5.41, 5.74) is 6.79. The monoisotopic (exact) mass is 431 g/mol. The predicted molar refractivity (Wildman–Crippen MR) is 106 cm³/mol. The summed E-state index contributed by atoms with van der Waals surface area (Å²) in [7, 11) is 0. The summed E-state index contributed by atoms with van der Waals surface area (Å²) >= 11 is 3.41. The Balaban J connectivity index is 0.00000312. The Kier molecular flexibility index (Phi) is 8.89. The highest BCUT2D eigenvalue weighted by molar-refractivity contribution is 9.10. The van der Waals surface area contributed by atoms with Crippen LogP contribution in [0.5, 0.6) is 0 Å². The number of benzene rings is 1. The third kappa shape index (κ3) is 6.28. The van der Waals surface area contributed by atoms with Crippen LogP contribution in [0.4, 0.5) is 0 Å². The van der Waals surface area contributed by atoms with E-state index in [0.717, 1.165) is 29.4 Å². The van der Waals surface area contributed by atoms with E-state index in [0.29, 0.717) is 12.5 Å². The summed E-state index contributed by atoms with van der Waals surface area (Å²) in [4.78, 5) is 26.3. The van der Waals surface area contributed by atoms with Crippen molar-refractivity contribution in [2.45, 2.75) is 45.2 Å². The molecule has 0 bridgehead atoms. The minimum absolute atomic E-state index is 0. The van der Waals surface area contributed by atoms with Crippen molar-refractivity contribution in [3.8, 4) is 0 Å². The first kappa shape index (κ1) is 21.9. The van der Waals surface area contributed by atoms with Crippen molar-refractivity contribution >= 4 is 40.2 Å². The molecule has 140 valence electrons. The Morgan fingerprint density at radius 2 is 2.00 bits per heavy atom. The maximum Gasteiger partial charge on any atom is 0.225 e. The van der Waals surface area contributed by atoms with Gasteiger partial charge in [0.25, 0.3) is 0 Å². The number of nitrogens with zero attached hydrogens (tertiary/aromatic N) is 1. The number of hydrogen-bond donors (Lipinski definition) is 2. The molecule has 0 saturated carbocycles. The van der Waals surface area contributed by atoms with E-state index in [9.17, 15) is 9.59 Å². The first-order valence-corrected chi connectivity index (χ1v) is 9.22. The first-order valence-electron chi connectivity index (χ1n) is 8.42. The quantitative estimate of drug-likeness (QED) is 0.751. The maximum absolute atomic E-state index is 12.8. The molecule has 25 heavy (non-hydrogen) atoms. The smallest absolute Gasteiger partial charge is 0.225 e. The molecule has 1 aliphatic heterocycles. The molecule has 3 atom stereocenters. The number of halogens is 2. The van der Waals surface area contributed by atoms with Gasteiger partial charge in [0, 0.05) is 30.5 Å². The van der Waals surface area contributed by atoms with Crippen molar-refractivity contribution in [3.05, 3.63) is 34.3 Å². The molecule has 1 fully saturated rings. The van der Waals surface area contributed by atoms with E-state index in [-0.39, 0.29) is 42.7 Å². The van der Waals surface area contributed by atoms with Gasteiger partial charge in [-0.25, -0.2) is 0 Å². The molecule has 1 aliphatic rings. The molecule has 1 aromatic rings. The zero-order valence-corrected chi connectivity index (χ0v) is 17.1. The largest absolute Gasteiger partial charge is 0.349 e. The fourth-order valence-corrected chi connectivity index (χ4v) is 3.55. The highest BCUT2D eigenvalue weighted by Crippen LogP contribution is 2.26. The Morgan fingerprint density at radius 3 is 2.56 bits per heavy atom. The molecule has 1 aromatic carbocycles. The van der Waals surface area contributed by atoms with Gasteiger partial charge in [0.15, 0.2) is 0 Å². The summed E-state index contributed by atoms with van der Waals surface area (Å²) in [6.45, 7) is 4.90. The van der Waals surface area contributed by atoms with Gasteiger partial charge in [0.2, 0.25) is 11.8 Å². The number of amides is 2. The van der Waals surface area contributed by atoms with Crippen molar-refractivity contribution in [2.75, 3.05) is 13.1 Å². The number of nitrogens with one attached hydrogen (secondary N) is 1. The molecule has 5 nitrogen and oxygen atoms in total. The number of likely N-dealkylation sites (tertiary alicyclic amines) is 1. The van der Waals surface area contributed by atoms with E-state index in [1.165, 1.54) is 6.92 Å². The van der Waals surface area contributed by atoms with Crippen molar-refractivity contribution in [1.29, 1.82) is 0 Å². The van der Waals surface area contributed by atoms with E-state index in [1.54, 1.807) is 0 Å². The van der Waals surface area contributed by atoms with Crippen LogP contribution in [-0.2, 0) is 9.59 Å². The van der Waals surface area contributed by atoms with Crippen LogP contribution in [0.15, 0.2) is 28.7 Å². The summed E-state index contributed by atoms with van der Waals surface area (Å²) in [5, 5.41) is 2.89. The SMILES string of the molecule is CC(=O)NC(CC(=O)N1CCC(C)CC1CN)c1ccc(Br)cc1.Cl. The summed E-state index contributed by atoms with van der Waals surface area (Å²) in [6.07, 6.45) is 2.21. The topological polar surface area (TPSA) is 75.4 Å². The fourth-order valence-electron chi connectivity index (χ4n) is 3.29. The molecule has 0 aromatic heterocycles. The van der Waals surface area contributed by atoms with E-state index < -0.39 is 0 Å². The standard InChI is InChI=1S/C18H26BrN3O2.ClH/c1-12-7-8-22(16(9-12)11-20)18(24)10-17(21-13(2)23)14-3-5-15(19)6-4-14;/h3-6,12,16-17H,7-11,20H2,1-2H3,(H,21,23);1H. The number of carbonyl (C=O) groups is 2. The van der Waals surface area contributed by atoms with Crippen molar-refractivity contribution in [3.63, 3.8) is 0 Å². The number of nitrogens with two attached hydrogens (primary N) is 1. The van der Waals surface area contributed by atoms with Gasteiger partial charge in [0.05, 0.1) is 12.5 Å². The van der Waals surface area contributed by atoms with Crippen molar-refractivity contribution in [2.24, 2.45) is 11.7 Å². The van der Waals surface area contributed by atoms with Gasteiger partial charge < -0.3 is 16.0 Å². The second-order valence-electron chi connectivity index (χ2n) is 6.61. The zero-order valence-electron chi connectivity index (χ0n) is 14.7. The van der Waals surface area contributed by atoms with Gasteiger partial charge in [-0.3, -0.25) is 9.59 Å². The lowest BCUT2D eigenvalue weighted by Gasteiger charge is -2.38. The summed E-state index contributed by atoms with van der Waals surface area (Å²) in [5.74, 6) is 0.512. The van der Waals surface area contributed by atoms with Crippen LogP contribution in [0, 0.1) is 5.92 Å². The Labute approximate surface area is 164 Å². The molecule has 1 heterocycles. The van der Waals surface area contributed by atoms with Crippen LogP contribution < -0.4 is 11.1 Å².